The van der Waals surface area contributed by atoms with Crippen LogP contribution in [0.25, 0.3) is 34.1 Å². The van der Waals surface area contributed by atoms with Crippen LogP contribution in [0.2, 0.25) is 0 Å². The molecule has 0 saturated carbocycles. The second-order valence-corrected chi connectivity index (χ2v) is 8.37. The summed E-state index contributed by atoms with van der Waals surface area (Å²) in [5.74, 6) is 0.173. The van der Waals surface area contributed by atoms with Gasteiger partial charge in [0.1, 0.15) is 0 Å². The normalized spacial score (nSPS) is 16.6. The minimum atomic E-state index is -0.0691. The van der Waals surface area contributed by atoms with E-state index in [1.165, 1.54) is 32.7 Å². The molecule has 1 unspecified atom stereocenters. The largest absolute Gasteiger partial charge is 0.293 e. The Hall–Kier alpha value is -3.45. The number of hydrogen-bond acceptors (Lipinski definition) is 1. The van der Waals surface area contributed by atoms with Crippen LogP contribution >= 0.6 is 0 Å². The summed E-state index contributed by atoms with van der Waals surface area (Å²) in [4.78, 5) is 13.5. The quantitative estimate of drug-likeness (QED) is 0.440. The van der Waals surface area contributed by atoms with Crippen molar-refractivity contribution in [3.05, 3.63) is 106 Å². The number of rotatable bonds is 2. The second-order valence-electron chi connectivity index (χ2n) is 8.37. The van der Waals surface area contributed by atoms with Gasteiger partial charge in [0.25, 0.3) is 0 Å². The molecule has 0 fully saturated rings. The van der Waals surface area contributed by atoms with Crippen LogP contribution in [-0.4, -0.2) is 5.78 Å². The van der Waals surface area contributed by atoms with E-state index in [9.17, 15) is 4.79 Å². The molecule has 0 amide bonds. The van der Waals surface area contributed by atoms with Crippen LogP contribution in [0.3, 0.4) is 0 Å². The Kier molecular flexibility index (Phi) is 3.95. The molecule has 144 valence electrons. The van der Waals surface area contributed by atoms with E-state index in [0.717, 1.165) is 35.6 Å². The number of aryl methyl sites for hydroxylation is 1. The second kappa shape index (κ2) is 6.81. The van der Waals surface area contributed by atoms with Crippen molar-refractivity contribution in [3.63, 3.8) is 0 Å². The van der Waals surface area contributed by atoms with Crippen molar-refractivity contribution >= 4 is 28.7 Å². The van der Waals surface area contributed by atoms with E-state index >= 15 is 0 Å². The zero-order chi connectivity index (χ0) is 20.1. The molecule has 0 N–H and O–H groups in total. The highest BCUT2D eigenvalue weighted by atomic mass is 16.1. The summed E-state index contributed by atoms with van der Waals surface area (Å²) in [7, 11) is 0. The van der Waals surface area contributed by atoms with Crippen molar-refractivity contribution < 1.29 is 4.79 Å². The highest BCUT2D eigenvalue weighted by molar-refractivity contribution is 6.11. The van der Waals surface area contributed by atoms with Gasteiger partial charge in [0.15, 0.2) is 5.78 Å². The predicted octanol–water partition coefficient (Wildman–Crippen LogP) is 5.07. The summed E-state index contributed by atoms with van der Waals surface area (Å²) in [6.45, 7) is 0. The van der Waals surface area contributed by atoms with Crippen molar-refractivity contribution in [1.29, 1.82) is 0 Å². The molecule has 0 aromatic heterocycles. The summed E-state index contributed by atoms with van der Waals surface area (Å²) in [5.41, 5.74) is 6.21. The van der Waals surface area contributed by atoms with Gasteiger partial charge in [-0.05, 0) is 62.7 Å². The van der Waals surface area contributed by atoms with E-state index in [1.54, 1.807) is 0 Å². The van der Waals surface area contributed by atoms with Crippen molar-refractivity contribution in [2.24, 2.45) is 5.92 Å². The number of fused-ring (bicyclic) bond motifs is 6. The molecule has 4 aromatic carbocycles. The van der Waals surface area contributed by atoms with Gasteiger partial charge in [-0.15, -0.1) is 0 Å². The molecule has 2 aliphatic rings. The monoisotopic (exact) mass is 386 g/mol. The molecule has 6 rings (SSSR count). The fourth-order valence-electron chi connectivity index (χ4n) is 5.17. The zero-order valence-corrected chi connectivity index (χ0v) is 16.8. The maximum atomic E-state index is 13.5. The van der Waals surface area contributed by atoms with Crippen LogP contribution in [0.1, 0.15) is 27.9 Å². The molecule has 0 saturated heterocycles. The molecule has 1 nitrogen and oxygen atoms in total. The van der Waals surface area contributed by atoms with Gasteiger partial charge < -0.3 is 0 Å². The topological polar surface area (TPSA) is 17.1 Å². The molecule has 0 aliphatic heterocycles. The first kappa shape index (κ1) is 17.4. The van der Waals surface area contributed by atoms with E-state index in [-0.39, 0.29) is 11.7 Å². The Bertz CT molecular complexity index is 1440. The Labute approximate surface area is 176 Å². The van der Waals surface area contributed by atoms with Crippen molar-refractivity contribution in [1.82, 2.24) is 0 Å². The molecule has 1 atom stereocenters. The van der Waals surface area contributed by atoms with Crippen LogP contribution in [0, 0.1) is 5.92 Å². The van der Waals surface area contributed by atoms with Gasteiger partial charge in [-0.3, -0.25) is 4.79 Å². The van der Waals surface area contributed by atoms with E-state index in [2.05, 4.69) is 66.7 Å². The third kappa shape index (κ3) is 2.66. The highest BCUT2D eigenvalue weighted by Gasteiger charge is 2.24. The highest BCUT2D eigenvalue weighted by Crippen LogP contribution is 2.27. The van der Waals surface area contributed by atoms with Gasteiger partial charge >= 0.3 is 0 Å². The number of carbonyl (C=O) groups excluding carboxylic acids is 1. The molecule has 0 spiro atoms. The van der Waals surface area contributed by atoms with Crippen molar-refractivity contribution in [2.45, 2.75) is 19.3 Å². The van der Waals surface area contributed by atoms with Crippen molar-refractivity contribution in [2.75, 3.05) is 0 Å². The summed E-state index contributed by atoms with van der Waals surface area (Å²) >= 11 is 0. The number of ketones is 1. The van der Waals surface area contributed by atoms with Gasteiger partial charge in [0.05, 0.1) is 0 Å². The van der Waals surface area contributed by atoms with Crippen molar-refractivity contribution in [3.8, 4) is 11.1 Å². The van der Waals surface area contributed by atoms with Gasteiger partial charge in [0, 0.05) is 11.5 Å². The lowest BCUT2D eigenvalue weighted by Crippen LogP contribution is -2.37. The first-order chi connectivity index (χ1) is 14.8. The minimum absolute atomic E-state index is 0.0691. The molecule has 1 heteroatoms. The smallest absolute Gasteiger partial charge is 0.170 e. The van der Waals surface area contributed by atoms with E-state index in [0.29, 0.717) is 0 Å². The fraction of sp³-hybridized carbons (Fsp3) is 0.138. The molecule has 30 heavy (non-hydrogen) atoms. The molecule has 2 aliphatic carbocycles. The molecule has 0 heterocycles. The first-order valence-corrected chi connectivity index (χ1v) is 10.7. The van der Waals surface area contributed by atoms with Crippen LogP contribution in [0.15, 0.2) is 78.9 Å². The molecule has 0 bridgehead atoms. The van der Waals surface area contributed by atoms with E-state index in [1.807, 2.05) is 24.3 Å². The maximum absolute atomic E-state index is 13.5. The van der Waals surface area contributed by atoms with Gasteiger partial charge in [-0.25, -0.2) is 0 Å². The SMILES string of the molecule is O=C(c1cccc2ccccc12)C1C=c2c(ccc3c2=CCc2ccccc2-3)CC1. The average molecular weight is 386 g/mol. The predicted molar refractivity (Wildman–Crippen MR) is 124 cm³/mol. The molecular weight excluding hydrogens is 364 g/mol. The van der Waals surface area contributed by atoms with Crippen LogP contribution in [-0.2, 0) is 12.8 Å². The summed E-state index contributed by atoms with van der Waals surface area (Å²) in [5, 5.41) is 4.76. The number of benzene rings is 4. The third-order valence-corrected chi connectivity index (χ3v) is 6.70. The molecule has 0 radical (unpaired) electrons. The van der Waals surface area contributed by atoms with Gasteiger partial charge in [0.2, 0.25) is 0 Å². The molecule has 4 aromatic rings. The number of hydrogen-bond donors (Lipinski definition) is 0. The first-order valence-electron chi connectivity index (χ1n) is 10.7. The zero-order valence-electron chi connectivity index (χ0n) is 16.8. The van der Waals surface area contributed by atoms with Gasteiger partial charge in [-0.2, -0.15) is 0 Å². The van der Waals surface area contributed by atoms with E-state index in [4.69, 9.17) is 0 Å². The van der Waals surface area contributed by atoms with Crippen LogP contribution in [0.4, 0.5) is 0 Å². The lowest BCUT2D eigenvalue weighted by Gasteiger charge is -2.22. The lowest BCUT2D eigenvalue weighted by molar-refractivity contribution is 0.0948. The maximum Gasteiger partial charge on any atom is 0.170 e. The molecular formula is C29H22O. The van der Waals surface area contributed by atoms with Gasteiger partial charge in [-0.1, -0.05) is 91.0 Å². The Balaban J connectivity index is 1.50. The number of carbonyl (C=O) groups is 1. The Morgan fingerprint density at radius 2 is 1.57 bits per heavy atom. The summed E-state index contributed by atoms with van der Waals surface area (Å²) < 4.78 is 0. The Morgan fingerprint density at radius 1 is 0.733 bits per heavy atom. The van der Waals surface area contributed by atoms with E-state index < -0.39 is 0 Å². The average Bonchev–Trinajstić information content (AvgIpc) is 2.82. The third-order valence-electron chi connectivity index (χ3n) is 6.70. The fourth-order valence-corrected chi connectivity index (χ4v) is 5.17. The lowest BCUT2D eigenvalue weighted by atomic mass is 9.81. The summed E-state index contributed by atoms with van der Waals surface area (Å²) in [6, 6.07) is 27.4. The Morgan fingerprint density at radius 3 is 2.53 bits per heavy atom. The van der Waals surface area contributed by atoms with Crippen LogP contribution in [0.5, 0.6) is 0 Å². The number of Topliss-reactive ketones (excluding diaryl/α,β-unsaturated/α-hetero) is 1. The summed E-state index contributed by atoms with van der Waals surface area (Å²) in [6.07, 6.45) is 7.37. The standard InChI is InChI=1S/C29H22O/c30-29(27-11-5-8-19-6-1-4-10-24(19)27)22-13-12-21-15-16-25-23-9-3-2-7-20(23)14-17-26(25)28(21)18-22/h1-11,15-18,22H,12-14H2. The van der Waals surface area contributed by atoms with Crippen LogP contribution < -0.4 is 10.4 Å². The minimum Gasteiger partial charge on any atom is -0.293 e.